The first-order valence-electron chi connectivity index (χ1n) is 7.43. The summed E-state index contributed by atoms with van der Waals surface area (Å²) in [6, 6.07) is 5.91. The molecule has 0 saturated carbocycles. The fourth-order valence-electron chi connectivity index (χ4n) is 2.77. The second kappa shape index (κ2) is 7.35. The van der Waals surface area contributed by atoms with Crippen LogP contribution in [0.1, 0.15) is 25.0 Å². The highest BCUT2D eigenvalue weighted by Crippen LogP contribution is 2.37. The lowest BCUT2D eigenvalue weighted by Gasteiger charge is -2.44. The molecule has 128 valence electrons. The molecular weight excluding hydrogens is 305 g/mol. The number of aliphatic hydroxyl groups excluding tert-OH is 1. The third-order valence-electron chi connectivity index (χ3n) is 4.00. The number of aliphatic hydroxyl groups is 2. The number of hydrogen-bond acceptors (Lipinski definition) is 5. The van der Waals surface area contributed by atoms with E-state index in [0.717, 1.165) is 0 Å². The molecule has 7 heteroatoms. The molecule has 4 atom stereocenters. The first-order valence-corrected chi connectivity index (χ1v) is 7.43. The molecule has 1 aliphatic rings. The maximum absolute atomic E-state index is 13.4. The number of methoxy groups -OCH3 is 1. The topological polar surface area (TPSA) is 88.0 Å². The maximum Gasteiger partial charge on any atom is 0.246 e. The van der Waals surface area contributed by atoms with Gasteiger partial charge in [0.25, 0.3) is 0 Å². The standard InChI is InChI=1S/C16H22FNO5/c1-10-15(20)16(21,9-18-14(19)8-22-2)7-13(23-10)11-4-3-5-12(17)6-11/h3-6,10,13,15,20-21H,7-9H2,1-2H3,(H,18,19)/t10-,13-,15-,16-/m1/s1. The van der Waals surface area contributed by atoms with Gasteiger partial charge in [0.1, 0.15) is 24.1 Å². The number of nitrogens with one attached hydrogen (secondary N) is 1. The van der Waals surface area contributed by atoms with Gasteiger partial charge in [0.15, 0.2) is 0 Å². The second-order valence-corrected chi connectivity index (χ2v) is 5.85. The average Bonchev–Trinajstić information content (AvgIpc) is 2.51. The van der Waals surface area contributed by atoms with Crippen LogP contribution in [-0.2, 0) is 14.3 Å². The van der Waals surface area contributed by atoms with Gasteiger partial charge in [0, 0.05) is 20.1 Å². The minimum Gasteiger partial charge on any atom is -0.387 e. The van der Waals surface area contributed by atoms with Gasteiger partial charge in [-0.15, -0.1) is 0 Å². The first kappa shape index (κ1) is 17.8. The molecule has 1 heterocycles. The molecule has 1 fully saturated rings. The van der Waals surface area contributed by atoms with Gasteiger partial charge in [-0.25, -0.2) is 4.39 Å². The number of carbonyl (C=O) groups is 1. The summed E-state index contributed by atoms with van der Waals surface area (Å²) in [5.74, 6) is -0.795. The molecule has 1 aromatic carbocycles. The van der Waals surface area contributed by atoms with Gasteiger partial charge in [-0.1, -0.05) is 12.1 Å². The molecule has 1 aromatic rings. The van der Waals surface area contributed by atoms with Crippen LogP contribution < -0.4 is 5.32 Å². The van der Waals surface area contributed by atoms with Gasteiger partial charge in [0.05, 0.1) is 12.2 Å². The summed E-state index contributed by atoms with van der Waals surface area (Å²) in [5, 5.41) is 23.5. The molecule has 1 aliphatic heterocycles. The molecule has 23 heavy (non-hydrogen) atoms. The van der Waals surface area contributed by atoms with Crippen molar-refractivity contribution in [1.82, 2.24) is 5.32 Å². The monoisotopic (exact) mass is 327 g/mol. The number of amides is 1. The van der Waals surface area contributed by atoms with E-state index in [1.165, 1.54) is 19.2 Å². The van der Waals surface area contributed by atoms with Crippen LogP contribution >= 0.6 is 0 Å². The van der Waals surface area contributed by atoms with Crippen LogP contribution in [0.5, 0.6) is 0 Å². The quantitative estimate of drug-likeness (QED) is 0.734. The summed E-state index contributed by atoms with van der Waals surface area (Å²) >= 11 is 0. The van der Waals surface area contributed by atoms with E-state index in [1.807, 2.05) is 0 Å². The fourth-order valence-corrected chi connectivity index (χ4v) is 2.77. The van der Waals surface area contributed by atoms with Gasteiger partial charge in [-0.2, -0.15) is 0 Å². The lowest BCUT2D eigenvalue weighted by Crippen LogP contribution is -2.59. The Morgan fingerprint density at radius 1 is 1.57 bits per heavy atom. The third kappa shape index (κ3) is 4.26. The van der Waals surface area contributed by atoms with Crippen molar-refractivity contribution in [3.05, 3.63) is 35.6 Å². The molecule has 1 saturated heterocycles. The molecule has 0 bridgehead atoms. The van der Waals surface area contributed by atoms with E-state index in [9.17, 15) is 19.4 Å². The largest absolute Gasteiger partial charge is 0.387 e. The molecule has 0 aliphatic carbocycles. The van der Waals surface area contributed by atoms with Gasteiger partial charge < -0.3 is 25.0 Å². The van der Waals surface area contributed by atoms with Crippen LogP contribution in [0.3, 0.4) is 0 Å². The number of carbonyl (C=O) groups excluding carboxylic acids is 1. The van der Waals surface area contributed by atoms with E-state index < -0.39 is 35.6 Å². The highest BCUT2D eigenvalue weighted by molar-refractivity contribution is 5.77. The average molecular weight is 327 g/mol. The molecule has 0 radical (unpaired) electrons. The summed E-state index contributed by atoms with van der Waals surface area (Å²) in [6.07, 6.45) is -2.38. The van der Waals surface area contributed by atoms with Crippen molar-refractivity contribution in [2.24, 2.45) is 0 Å². The lowest BCUT2D eigenvalue weighted by atomic mass is 9.82. The highest BCUT2D eigenvalue weighted by atomic mass is 19.1. The smallest absolute Gasteiger partial charge is 0.246 e. The number of benzene rings is 1. The van der Waals surface area contributed by atoms with E-state index >= 15 is 0 Å². The Kier molecular flexibility index (Phi) is 5.69. The summed E-state index contributed by atoms with van der Waals surface area (Å²) in [4.78, 5) is 11.5. The van der Waals surface area contributed by atoms with E-state index in [2.05, 4.69) is 5.32 Å². The van der Waals surface area contributed by atoms with Crippen molar-refractivity contribution in [2.45, 2.75) is 37.3 Å². The van der Waals surface area contributed by atoms with Crippen LogP contribution in [0.15, 0.2) is 24.3 Å². The van der Waals surface area contributed by atoms with Crippen LogP contribution in [0.25, 0.3) is 0 Å². The summed E-state index contributed by atoms with van der Waals surface area (Å²) < 4.78 is 23.8. The number of rotatable bonds is 5. The Balaban J connectivity index is 2.13. The van der Waals surface area contributed by atoms with E-state index in [4.69, 9.17) is 9.47 Å². The minimum atomic E-state index is -1.57. The zero-order valence-corrected chi connectivity index (χ0v) is 13.2. The predicted octanol–water partition coefficient (Wildman–Crippen LogP) is 0.530. The Labute approximate surface area is 134 Å². The summed E-state index contributed by atoms with van der Waals surface area (Å²) in [6.45, 7) is 1.35. The van der Waals surface area contributed by atoms with Crippen molar-refractivity contribution in [3.8, 4) is 0 Å². The number of ether oxygens (including phenoxy) is 2. The van der Waals surface area contributed by atoms with Gasteiger partial charge in [-0.3, -0.25) is 4.79 Å². The molecule has 0 aromatic heterocycles. The van der Waals surface area contributed by atoms with Crippen LogP contribution in [0.2, 0.25) is 0 Å². The molecule has 3 N–H and O–H groups in total. The van der Waals surface area contributed by atoms with Gasteiger partial charge in [-0.05, 0) is 24.6 Å². The molecule has 2 rings (SSSR count). The van der Waals surface area contributed by atoms with Gasteiger partial charge >= 0.3 is 0 Å². The maximum atomic E-state index is 13.4. The normalized spacial score (nSPS) is 30.9. The van der Waals surface area contributed by atoms with Crippen molar-refractivity contribution >= 4 is 5.91 Å². The number of hydrogen-bond donors (Lipinski definition) is 3. The molecule has 0 spiro atoms. The summed E-state index contributed by atoms with van der Waals surface area (Å²) in [7, 11) is 1.39. The first-order chi connectivity index (χ1) is 10.9. The SMILES string of the molecule is COCC(=O)NC[C@]1(O)C[C@H](c2cccc(F)c2)O[C@H](C)[C@H]1O. The van der Waals surface area contributed by atoms with Crippen LogP contribution in [-0.4, -0.2) is 54.2 Å². The molecule has 1 amide bonds. The van der Waals surface area contributed by atoms with E-state index in [0.29, 0.717) is 5.56 Å². The lowest BCUT2D eigenvalue weighted by molar-refractivity contribution is -0.211. The second-order valence-electron chi connectivity index (χ2n) is 5.85. The minimum absolute atomic E-state index is 0.0369. The van der Waals surface area contributed by atoms with Crippen molar-refractivity contribution < 1.29 is 28.9 Å². The van der Waals surface area contributed by atoms with Crippen molar-refractivity contribution in [3.63, 3.8) is 0 Å². The molecule has 6 nitrogen and oxygen atoms in total. The Morgan fingerprint density at radius 2 is 2.30 bits per heavy atom. The third-order valence-corrected chi connectivity index (χ3v) is 4.00. The van der Waals surface area contributed by atoms with Crippen LogP contribution in [0, 0.1) is 5.82 Å². The zero-order chi connectivity index (χ0) is 17.0. The zero-order valence-electron chi connectivity index (χ0n) is 13.2. The van der Waals surface area contributed by atoms with Crippen molar-refractivity contribution in [1.29, 1.82) is 0 Å². The fraction of sp³-hybridized carbons (Fsp3) is 0.562. The van der Waals surface area contributed by atoms with E-state index in [-0.39, 0.29) is 19.6 Å². The molecular formula is C16H22FNO5. The van der Waals surface area contributed by atoms with Gasteiger partial charge in [0.2, 0.25) is 5.91 Å². The Hall–Kier alpha value is -1.54. The number of halogens is 1. The van der Waals surface area contributed by atoms with Crippen LogP contribution in [0.4, 0.5) is 4.39 Å². The highest BCUT2D eigenvalue weighted by Gasteiger charge is 2.47. The predicted molar refractivity (Wildman–Crippen MR) is 80.1 cm³/mol. The Bertz CT molecular complexity index is 555. The van der Waals surface area contributed by atoms with E-state index in [1.54, 1.807) is 19.1 Å². The molecule has 0 unspecified atom stereocenters. The van der Waals surface area contributed by atoms with Crippen molar-refractivity contribution in [2.75, 3.05) is 20.3 Å². The Morgan fingerprint density at radius 3 is 2.96 bits per heavy atom. The summed E-state index contributed by atoms with van der Waals surface area (Å²) in [5.41, 5.74) is -0.997.